The van der Waals surface area contributed by atoms with Crippen molar-refractivity contribution in [1.82, 2.24) is 20.6 Å². The molecular formula is C30H22N4O2S4. The van der Waals surface area contributed by atoms with E-state index in [4.69, 9.17) is 0 Å². The first kappa shape index (κ1) is 26.5. The highest BCUT2D eigenvalue weighted by atomic mass is 33.1. The third kappa shape index (κ3) is 5.75. The van der Waals surface area contributed by atoms with Gasteiger partial charge in [0.1, 0.15) is 0 Å². The van der Waals surface area contributed by atoms with Crippen LogP contribution in [0.4, 0.5) is 0 Å². The van der Waals surface area contributed by atoms with Crippen molar-refractivity contribution < 1.29 is 9.59 Å². The van der Waals surface area contributed by atoms with Gasteiger partial charge in [-0.05, 0) is 47.2 Å². The zero-order valence-electron chi connectivity index (χ0n) is 21.0. The van der Waals surface area contributed by atoms with Crippen molar-refractivity contribution in [3.63, 3.8) is 0 Å². The summed E-state index contributed by atoms with van der Waals surface area (Å²) in [5.74, 6) is -0.252. The standard InChI is InChI=1S/C30H22N4O2S4/c35-29(33-17-19-5-3-15-37-19)23-11-13-31-27-21(23)7-1-9-25(27)39-40-26-10-2-8-22-24(12-14-32-28(22)26)30(36)34-18-20-6-4-16-38-20/h1-16H,17-18H2,(H,33,35)(H,34,36). The molecule has 0 bridgehead atoms. The van der Waals surface area contributed by atoms with E-state index in [2.05, 4.69) is 20.6 Å². The molecule has 4 heterocycles. The van der Waals surface area contributed by atoms with Crippen LogP contribution in [0.5, 0.6) is 0 Å². The first-order valence-electron chi connectivity index (χ1n) is 12.4. The van der Waals surface area contributed by atoms with E-state index in [0.717, 1.165) is 41.4 Å². The van der Waals surface area contributed by atoms with Crippen LogP contribution in [0.25, 0.3) is 21.8 Å². The minimum Gasteiger partial charge on any atom is -0.347 e. The van der Waals surface area contributed by atoms with Crippen molar-refractivity contribution in [2.45, 2.75) is 22.9 Å². The molecule has 0 aliphatic rings. The number of hydrogen-bond donors (Lipinski definition) is 2. The second-order valence-corrected chi connectivity index (χ2v) is 13.0. The van der Waals surface area contributed by atoms with Gasteiger partial charge in [0.25, 0.3) is 11.8 Å². The van der Waals surface area contributed by atoms with Gasteiger partial charge in [-0.2, -0.15) is 0 Å². The molecule has 40 heavy (non-hydrogen) atoms. The zero-order chi connectivity index (χ0) is 27.3. The number of amides is 2. The van der Waals surface area contributed by atoms with Crippen LogP contribution in [0.2, 0.25) is 0 Å². The molecule has 0 atom stereocenters. The Balaban J connectivity index is 1.22. The number of para-hydroxylation sites is 2. The fourth-order valence-electron chi connectivity index (χ4n) is 4.27. The van der Waals surface area contributed by atoms with Crippen LogP contribution < -0.4 is 10.6 Å². The van der Waals surface area contributed by atoms with Crippen LogP contribution in [0, 0.1) is 0 Å². The summed E-state index contributed by atoms with van der Waals surface area (Å²) < 4.78 is 0. The molecule has 0 aliphatic heterocycles. The largest absolute Gasteiger partial charge is 0.347 e. The normalized spacial score (nSPS) is 11.1. The van der Waals surface area contributed by atoms with Crippen LogP contribution in [-0.2, 0) is 13.1 Å². The number of rotatable bonds is 9. The van der Waals surface area contributed by atoms with E-state index in [1.807, 2.05) is 71.4 Å². The van der Waals surface area contributed by atoms with Crippen LogP contribution in [0.3, 0.4) is 0 Å². The van der Waals surface area contributed by atoms with E-state index in [-0.39, 0.29) is 11.8 Å². The van der Waals surface area contributed by atoms with E-state index >= 15 is 0 Å². The number of hydrogen-bond acceptors (Lipinski definition) is 8. The fraction of sp³-hybridized carbons (Fsp3) is 0.0667. The molecular weight excluding hydrogens is 577 g/mol. The molecule has 2 aromatic carbocycles. The number of fused-ring (bicyclic) bond motifs is 2. The molecule has 0 aliphatic carbocycles. The van der Waals surface area contributed by atoms with Crippen molar-refractivity contribution in [3.8, 4) is 0 Å². The van der Waals surface area contributed by atoms with E-state index in [1.165, 1.54) is 0 Å². The van der Waals surface area contributed by atoms with Gasteiger partial charge in [-0.3, -0.25) is 19.6 Å². The molecule has 10 heteroatoms. The fourth-order valence-corrected chi connectivity index (χ4v) is 7.84. The van der Waals surface area contributed by atoms with Crippen molar-refractivity contribution >= 4 is 77.9 Å². The van der Waals surface area contributed by atoms with Gasteiger partial charge < -0.3 is 10.6 Å². The molecule has 198 valence electrons. The highest BCUT2D eigenvalue weighted by molar-refractivity contribution is 8.76. The number of aromatic nitrogens is 2. The number of pyridine rings is 2. The minimum absolute atomic E-state index is 0.126. The van der Waals surface area contributed by atoms with Crippen LogP contribution >= 0.6 is 44.3 Å². The average Bonchev–Trinajstić information content (AvgIpc) is 3.72. The Labute approximate surface area is 246 Å². The molecule has 4 aromatic heterocycles. The molecule has 0 fully saturated rings. The third-order valence-electron chi connectivity index (χ3n) is 6.19. The first-order valence-corrected chi connectivity index (χ1v) is 16.3. The molecule has 6 rings (SSSR count). The molecule has 0 spiro atoms. The molecule has 0 unspecified atom stereocenters. The second kappa shape index (κ2) is 12.2. The third-order valence-corrected chi connectivity index (χ3v) is 10.4. The Morgan fingerprint density at radius 2 is 1.10 bits per heavy atom. The number of carbonyl (C=O) groups excluding carboxylic acids is 2. The number of benzene rings is 2. The van der Waals surface area contributed by atoms with Gasteiger partial charge in [0.2, 0.25) is 0 Å². The maximum Gasteiger partial charge on any atom is 0.252 e. The topological polar surface area (TPSA) is 84.0 Å². The quantitative estimate of drug-likeness (QED) is 0.167. The molecule has 2 N–H and O–H groups in total. The molecule has 0 saturated heterocycles. The maximum absolute atomic E-state index is 13.0. The number of nitrogens with one attached hydrogen (secondary N) is 2. The number of thiophene rings is 2. The Morgan fingerprint density at radius 3 is 1.52 bits per heavy atom. The van der Waals surface area contributed by atoms with E-state index in [1.54, 1.807) is 68.8 Å². The summed E-state index contributed by atoms with van der Waals surface area (Å²) in [5.41, 5.74) is 2.73. The highest BCUT2D eigenvalue weighted by Gasteiger charge is 2.16. The summed E-state index contributed by atoms with van der Waals surface area (Å²) >= 11 is 3.23. The maximum atomic E-state index is 13.0. The summed E-state index contributed by atoms with van der Waals surface area (Å²) in [5, 5.41) is 11.6. The molecule has 6 aromatic rings. The Hall–Kier alpha value is -3.70. The predicted molar refractivity (Wildman–Crippen MR) is 166 cm³/mol. The van der Waals surface area contributed by atoms with E-state index in [9.17, 15) is 9.59 Å². The summed E-state index contributed by atoms with van der Waals surface area (Å²) in [6, 6.07) is 23.2. The first-order chi connectivity index (χ1) is 19.7. The Kier molecular flexibility index (Phi) is 8.10. The average molecular weight is 599 g/mol. The zero-order valence-corrected chi connectivity index (χ0v) is 24.3. The molecule has 0 saturated carbocycles. The van der Waals surface area contributed by atoms with Gasteiger partial charge in [-0.15, -0.1) is 22.7 Å². The molecule has 0 radical (unpaired) electrons. The van der Waals surface area contributed by atoms with Crippen molar-refractivity contribution in [2.24, 2.45) is 0 Å². The molecule has 6 nitrogen and oxygen atoms in total. The smallest absolute Gasteiger partial charge is 0.252 e. The van der Waals surface area contributed by atoms with Gasteiger partial charge >= 0.3 is 0 Å². The Morgan fingerprint density at radius 1 is 0.625 bits per heavy atom. The summed E-state index contributed by atoms with van der Waals surface area (Å²) in [6.07, 6.45) is 3.36. The summed E-state index contributed by atoms with van der Waals surface area (Å²) in [7, 11) is 3.11. The Bertz CT molecular complexity index is 1670. The van der Waals surface area contributed by atoms with Gasteiger partial charge in [0, 0.05) is 42.7 Å². The lowest BCUT2D eigenvalue weighted by Crippen LogP contribution is -2.22. The number of carbonyl (C=O) groups is 2. The van der Waals surface area contributed by atoms with Gasteiger partial charge in [0.15, 0.2) is 0 Å². The van der Waals surface area contributed by atoms with Gasteiger partial charge in [-0.1, -0.05) is 58.0 Å². The highest BCUT2D eigenvalue weighted by Crippen LogP contribution is 2.42. The minimum atomic E-state index is -0.126. The van der Waals surface area contributed by atoms with Crippen molar-refractivity contribution in [3.05, 3.63) is 117 Å². The monoisotopic (exact) mass is 598 g/mol. The summed E-state index contributed by atoms with van der Waals surface area (Å²) in [6.45, 7) is 0.986. The molecule has 2 amide bonds. The lowest BCUT2D eigenvalue weighted by Gasteiger charge is -2.11. The van der Waals surface area contributed by atoms with E-state index in [0.29, 0.717) is 24.2 Å². The number of nitrogens with zero attached hydrogens (tertiary/aromatic N) is 2. The van der Waals surface area contributed by atoms with E-state index < -0.39 is 0 Å². The van der Waals surface area contributed by atoms with Crippen molar-refractivity contribution in [1.29, 1.82) is 0 Å². The predicted octanol–water partition coefficient (Wildman–Crippen LogP) is 7.57. The van der Waals surface area contributed by atoms with Crippen molar-refractivity contribution in [2.75, 3.05) is 0 Å². The van der Waals surface area contributed by atoms with Gasteiger partial charge in [-0.25, -0.2) is 0 Å². The second-order valence-electron chi connectivity index (χ2n) is 8.71. The van der Waals surface area contributed by atoms with Crippen LogP contribution in [-0.4, -0.2) is 21.8 Å². The summed E-state index contributed by atoms with van der Waals surface area (Å²) in [4.78, 5) is 39.3. The lowest BCUT2D eigenvalue weighted by molar-refractivity contribution is 0.0944. The SMILES string of the molecule is O=C(NCc1cccs1)c1ccnc2c(SSc3cccc4c(C(=O)NCc5cccs5)ccnc34)cccc12. The van der Waals surface area contributed by atoms with Crippen LogP contribution in [0.15, 0.2) is 106 Å². The van der Waals surface area contributed by atoms with Crippen LogP contribution in [0.1, 0.15) is 30.5 Å². The lowest BCUT2D eigenvalue weighted by atomic mass is 10.1. The van der Waals surface area contributed by atoms with Gasteiger partial charge in [0.05, 0.1) is 35.2 Å².